The quantitative estimate of drug-likeness (QED) is 0.158. The molecular formula is C34H41N5O6. The predicted octanol–water partition coefficient (Wildman–Crippen LogP) is 4.18. The summed E-state index contributed by atoms with van der Waals surface area (Å²) in [6, 6.07) is 20.1. The van der Waals surface area contributed by atoms with Gasteiger partial charge in [0.05, 0.1) is 6.10 Å². The normalized spacial score (nSPS) is 14.0. The van der Waals surface area contributed by atoms with Crippen molar-refractivity contribution in [3.63, 3.8) is 0 Å². The summed E-state index contributed by atoms with van der Waals surface area (Å²) < 4.78 is 5.65. The van der Waals surface area contributed by atoms with E-state index in [0.29, 0.717) is 17.7 Å². The molecule has 4 rings (SSSR count). The monoisotopic (exact) mass is 615 g/mol. The number of rotatable bonds is 13. The van der Waals surface area contributed by atoms with E-state index in [1.807, 2.05) is 36.4 Å². The summed E-state index contributed by atoms with van der Waals surface area (Å²) in [7, 11) is 0. The van der Waals surface area contributed by atoms with Crippen LogP contribution >= 0.6 is 0 Å². The van der Waals surface area contributed by atoms with Crippen LogP contribution in [0.5, 0.6) is 0 Å². The highest BCUT2D eigenvalue weighted by Gasteiger charge is 2.32. The molecule has 3 aromatic rings. The minimum atomic E-state index is -0.981. The van der Waals surface area contributed by atoms with E-state index in [0.717, 1.165) is 22.3 Å². The van der Waals surface area contributed by atoms with Gasteiger partial charge in [0.15, 0.2) is 0 Å². The van der Waals surface area contributed by atoms with Crippen molar-refractivity contribution in [1.29, 1.82) is 0 Å². The number of primary amides is 1. The van der Waals surface area contributed by atoms with Gasteiger partial charge in [-0.1, -0.05) is 74.5 Å². The van der Waals surface area contributed by atoms with Crippen LogP contribution in [0.2, 0.25) is 0 Å². The van der Waals surface area contributed by atoms with Crippen LogP contribution in [0.15, 0.2) is 72.8 Å². The highest BCUT2D eigenvalue weighted by atomic mass is 16.5. The van der Waals surface area contributed by atoms with Crippen LogP contribution in [0, 0.1) is 5.92 Å². The molecule has 11 nitrogen and oxygen atoms in total. The lowest BCUT2D eigenvalue weighted by Gasteiger charge is -2.25. The van der Waals surface area contributed by atoms with Crippen LogP contribution < -0.4 is 27.0 Å². The number of ether oxygens (including phenoxy) is 1. The van der Waals surface area contributed by atoms with Gasteiger partial charge < -0.3 is 36.8 Å². The van der Waals surface area contributed by atoms with E-state index in [2.05, 4.69) is 33.4 Å². The molecule has 1 unspecified atom stereocenters. The van der Waals surface area contributed by atoms with Crippen molar-refractivity contribution in [3.05, 3.63) is 89.5 Å². The second-order valence-electron chi connectivity index (χ2n) is 11.5. The zero-order valence-corrected chi connectivity index (χ0v) is 25.7. The van der Waals surface area contributed by atoms with Gasteiger partial charge in [0.2, 0.25) is 11.8 Å². The Labute approximate surface area is 262 Å². The average Bonchev–Trinajstić information content (AvgIpc) is 3.33. The molecule has 11 heteroatoms. The van der Waals surface area contributed by atoms with Gasteiger partial charge in [-0.05, 0) is 65.6 Å². The first-order valence-corrected chi connectivity index (χ1v) is 15.1. The molecule has 238 valence electrons. The second-order valence-corrected chi connectivity index (χ2v) is 11.5. The van der Waals surface area contributed by atoms with Gasteiger partial charge in [-0.15, -0.1) is 0 Å². The van der Waals surface area contributed by atoms with Crippen LogP contribution in [0.3, 0.4) is 0 Å². The standard InChI is InChI=1S/C34H41N5O6/c1-20(2)30(39-34(44)45-19-28-26-11-6-4-9-24(26)25-10-5-7-12-27(25)28)32(42)38-29(13-8-18-36-33(35)43)31(41)37-23-16-14-22(15-17-23)21(3)40/h4-7,9-12,14-17,20-21,28-30,40H,8,13,18-19H2,1-3H3,(H,37,41)(H,38,42)(H,39,44)(H3,35,36,43)/t21?,29-,30-/m0/s1. The number of aliphatic hydroxyl groups is 1. The maximum Gasteiger partial charge on any atom is 0.407 e. The summed E-state index contributed by atoms with van der Waals surface area (Å²) in [4.78, 5) is 50.8. The van der Waals surface area contributed by atoms with E-state index in [1.165, 1.54) is 0 Å². The molecular weight excluding hydrogens is 574 g/mol. The number of amides is 5. The first-order valence-electron chi connectivity index (χ1n) is 15.1. The summed E-state index contributed by atoms with van der Waals surface area (Å²) in [5.41, 5.74) is 10.7. The topological polar surface area (TPSA) is 172 Å². The number of carbonyl (C=O) groups is 4. The van der Waals surface area contributed by atoms with Gasteiger partial charge in [-0.2, -0.15) is 0 Å². The maximum absolute atomic E-state index is 13.5. The molecule has 0 aliphatic heterocycles. The number of carbonyl (C=O) groups excluding carboxylic acids is 4. The van der Waals surface area contributed by atoms with E-state index in [4.69, 9.17) is 10.5 Å². The molecule has 1 aliphatic rings. The Bertz CT molecular complexity index is 1460. The first kappa shape index (κ1) is 33.0. The average molecular weight is 616 g/mol. The molecule has 0 radical (unpaired) electrons. The summed E-state index contributed by atoms with van der Waals surface area (Å²) in [5, 5.41) is 20.4. The Kier molecular flexibility index (Phi) is 11.2. The van der Waals surface area contributed by atoms with Gasteiger partial charge in [0, 0.05) is 18.2 Å². The third kappa shape index (κ3) is 8.60. The predicted molar refractivity (Wildman–Crippen MR) is 171 cm³/mol. The number of fused-ring (bicyclic) bond motifs is 3. The number of nitrogens with one attached hydrogen (secondary N) is 4. The van der Waals surface area contributed by atoms with Crippen molar-refractivity contribution >= 4 is 29.6 Å². The number of benzene rings is 3. The number of alkyl carbamates (subject to hydrolysis) is 1. The Morgan fingerprint density at radius 1 is 0.844 bits per heavy atom. The Balaban J connectivity index is 1.40. The fraction of sp³-hybridized carbons (Fsp3) is 0.353. The number of nitrogens with two attached hydrogens (primary N) is 1. The third-order valence-electron chi connectivity index (χ3n) is 7.83. The first-order chi connectivity index (χ1) is 21.5. The van der Waals surface area contributed by atoms with Crippen molar-refractivity contribution in [2.24, 2.45) is 11.7 Å². The number of anilines is 1. The van der Waals surface area contributed by atoms with Crippen LogP contribution in [0.25, 0.3) is 11.1 Å². The van der Waals surface area contributed by atoms with E-state index in [-0.39, 0.29) is 31.4 Å². The second kappa shape index (κ2) is 15.2. The van der Waals surface area contributed by atoms with Crippen molar-refractivity contribution in [1.82, 2.24) is 16.0 Å². The SMILES string of the molecule is CC(O)c1ccc(NC(=O)[C@H](CCCNC(N)=O)NC(=O)[C@@H](NC(=O)OCC2c3ccccc3-c3ccccc32)C(C)C)cc1. The number of aliphatic hydroxyl groups excluding tert-OH is 1. The van der Waals surface area contributed by atoms with Gasteiger partial charge in [-0.25, -0.2) is 9.59 Å². The summed E-state index contributed by atoms with van der Waals surface area (Å²) in [6.07, 6.45) is -0.847. The van der Waals surface area contributed by atoms with E-state index < -0.39 is 42.1 Å². The Hall–Kier alpha value is -4.90. The van der Waals surface area contributed by atoms with Gasteiger partial charge in [0.25, 0.3) is 0 Å². The van der Waals surface area contributed by atoms with Crippen molar-refractivity contribution in [3.8, 4) is 11.1 Å². The maximum atomic E-state index is 13.5. The lowest BCUT2D eigenvalue weighted by Crippen LogP contribution is -2.54. The van der Waals surface area contributed by atoms with E-state index in [1.54, 1.807) is 45.0 Å². The van der Waals surface area contributed by atoms with Gasteiger partial charge >= 0.3 is 12.1 Å². The van der Waals surface area contributed by atoms with Crippen LogP contribution in [-0.4, -0.2) is 54.3 Å². The Morgan fingerprint density at radius 2 is 1.44 bits per heavy atom. The van der Waals surface area contributed by atoms with Crippen molar-refractivity contribution < 1.29 is 29.0 Å². The summed E-state index contributed by atoms with van der Waals surface area (Å²) in [5.74, 6) is -1.48. The molecule has 0 saturated heterocycles. The molecule has 7 N–H and O–H groups in total. The highest BCUT2D eigenvalue weighted by Crippen LogP contribution is 2.44. The molecule has 3 aromatic carbocycles. The lowest BCUT2D eigenvalue weighted by molar-refractivity contribution is -0.128. The summed E-state index contributed by atoms with van der Waals surface area (Å²) in [6.45, 7) is 5.51. The van der Waals surface area contributed by atoms with Crippen LogP contribution in [0.4, 0.5) is 15.3 Å². The zero-order chi connectivity index (χ0) is 32.5. The van der Waals surface area contributed by atoms with Crippen LogP contribution in [0.1, 0.15) is 62.3 Å². The minimum absolute atomic E-state index is 0.0953. The largest absolute Gasteiger partial charge is 0.449 e. The third-order valence-corrected chi connectivity index (χ3v) is 7.83. The molecule has 5 amide bonds. The molecule has 0 fully saturated rings. The smallest absolute Gasteiger partial charge is 0.407 e. The molecule has 0 spiro atoms. The molecule has 0 saturated carbocycles. The van der Waals surface area contributed by atoms with Crippen molar-refractivity contribution in [2.75, 3.05) is 18.5 Å². The fourth-order valence-electron chi connectivity index (χ4n) is 5.42. The fourth-order valence-corrected chi connectivity index (χ4v) is 5.42. The van der Waals surface area contributed by atoms with Gasteiger partial charge in [-0.3, -0.25) is 9.59 Å². The highest BCUT2D eigenvalue weighted by molar-refractivity contribution is 5.98. The number of urea groups is 1. The van der Waals surface area contributed by atoms with Gasteiger partial charge in [0.1, 0.15) is 18.7 Å². The van der Waals surface area contributed by atoms with Crippen LogP contribution in [-0.2, 0) is 14.3 Å². The molecule has 3 atom stereocenters. The zero-order valence-electron chi connectivity index (χ0n) is 25.7. The number of hydrogen-bond acceptors (Lipinski definition) is 6. The number of hydrogen-bond donors (Lipinski definition) is 6. The van der Waals surface area contributed by atoms with E-state index >= 15 is 0 Å². The lowest BCUT2D eigenvalue weighted by atomic mass is 9.98. The van der Waals surface area contributed by atoms with Crippen molar-refractivity contribution in [2.45, 2.75) is 57.7 Å². The minimum Gasteiger partial charge on any atom is -0.449 e. The molecule has 45 heavy (non-hydrogen) atoms. The molecule has 1 aliphatic carbocycles. The summed E-state index contributed by atoms with van der Waals surface area (Å²) >= 11 is 0. The molecule has 0 bridgehead atoms. The van der Waals surface area contributed by atoms with E-state index in [9.17, 15) is 24.3 Å². The molecule has 0 heterocycles. The molecule has 0 aromatic heterocycles. The Morgan fingerprint density at radius 3 is 2.00 bits per heavy atom.